The molecule has 1 amide bonds. The standard InChI is InChI=1S/C18H23N3O2/c1-3-10-20-18(22)17-8-7-15(13-21-17)19-11-9-14-5-4-6-16(12-14)23-2/h4-8,12-13,19H,3,9-11H2,1-2H3,(H,20,22). The molecule has 0 spiro atoms. The highest BCUT2D eigenvalue weighted by Crippen LogP contribution is 2.13. The molecule has 2 aromatic rings. The normalized spacial score (nSPS) is 10.2. The van der Waals surface area contributed by atoms with Crippen LogP contribution in [0.25, 0.3) is 0 Å². The molecule has 1 aromatic carbocycles. The number of rotatable bonds is 8. The average Bonchev–Trinajstić information content (AvgIpc) is 2.60. The Kier molecular flexibility index (Phi) is 6.41. The lowest BCUT2D eigenvalue weighted by molar-refractivity contribution is 0.0949. The fraction of sp³-hybridized carbons (Fsp3) is 0.333. The van der Waals surface area contributed by atoms with Crippen LogP contribution in [0.3, 0.4) is 0 Å². The minimum atomic E-state index is -0.130. The molecule has 0 aliphatic rings. The monoisotopic (exact) mass is 313 g/mol. The maximum atomic E-state index is 11.8. The predicted octanol–water partition coefficient (Wildman–Crippen LogP) is 2.88. The third-order valence-electron chi connectivity index (χ3n) is 3.41. The zero-order valence-electron chi connectivity index (χ0n) is 13.6. The van der Waals surface area contributed by atoms with E-state index in [1.165, 1.54) is 5.56 Å². The van der Waals surface area contributed by atoms with E-state index in [1.54, 1.807) is 19.4 Å². The molecule has 0 bridgehead atoms. The molecule has 0 unspecified atom stereocenters. The number of hydrogen-bond donors (Lipinski definition) is 2. The lowest BCUT2D eigenvalue weighted by atomic mass is 10.1. The number of pyridine rings is 1. The van der Waals surface area contributed by atoms with Gasteiger partial charge in [-0.1, -0.05) is 19.1 Å². The van der Waals surface area contributed by atoms with Crippen LogP contribution in [0.5, 0.6) is 5.75 Å². The van der Waals surface area contributed by atoms with Crippen molar-refractivity contribution in [2.75, 3.05) is 25.5 Å². The van der Waals surface area contributed by atoms with Gasteiger partial charge < -0.3 is 15.4 Å². The van der Waals surface area contributed by atoms with Crippen LogP contribution < -0.4 is 15.4 Å². The van der Waals surface area contributed by atoms with Gasteiger partial charge >= 0.3 is 0 Å². The summed E-state index contributed by atoms with van der Waals surface area (Å²) in [5.74, 6) is 0.737. The summed E-state index contributed by atoms with van der Waals surface area (Å²) in [5.41, 5.74) is 2.55. The van der Waals surface area contributed by atoms with Crippen molar-refractivity contribution in [1.82, 2.24) is 10.3 Å². The van der Waals surface area contributed by atoms with Gasteiger partial charge in [-0.25, -0.2) is 4.98 Å². The molecule has 0 aliphatic carbocycles. The number of carbonyl (C=O) groups is 1. The van der Waals surface area contributed by atoms with Crippen molar-refractivity contribution in [3.8, 4) is 5.75 Å². The highest BCUT2D eigenvalue weighted by molar-refractivity contribution is 5.92. The number of carbonyl (C=O) groups excluding carboxylic acids is 1. The molecule has 0 saturated carbocycles. The van der Waals surface area contributed by atoms with Gasteiger partial charge in [0.15, 0.2) is 0 Å². The van der Waals surface area contributed by atoms with E-state index in [0.29, 0.717) is 12.2 Å². The van der Waals surface area contributed by atoms with Gasteiger partial charge in [-0.2, -0.15) is 0 Å². The van der Waals surface area contributed by atoms with Crippen LogP contribution in [-0.2, 0) is 6.42 Å². The van der Waals surface area contributed by atoms with Crippen molar-refractivity contribution in [1.29, 1.82) is 0 Å². The van der Waals surface area contributed by atoms with Crippen molar-refractivity contribution in [3.63, 3.8) is 0 Å². The van der Waals surface area contributed by atoms with E-state index in [4.69, 9.17) is 4.74 Å². The van der Waals surface area contributed by atoms with Gasteiger partial charge in [0.1, 0.15) is 11.4 Å². The first-order valence-corrected chi connectivity index (χ1v) is 7.84. The second-order valence-electron chi connectivity index (χ2n) is 5.22. The van der Waals surface area contributed by atoms with Crippen LogP contribution in [0.4, 0.5) is 5.69 Å². The van der Waals surface area contributed by atoms with E-state index < -0.39 is 0 Å². The average molecular weight is 313 g/mol. The number of nitrogens with one attached hydrogen (secondary N) is 2. The minimum absolute atomic E-state index is 0.130. The lowest BCUT2D eigenvalue weighted by Gasteiger charge is -2.08. The summed E-state index contributed by atoms with van der Waals surface area (Å²) < 4.78 is 5.21. The van der Waals surface area contributed by atoms with Crippen molar-refractivity contribution >= 4 is 11.6 Å². The van der Waals surface area contributed by atoms with Gasteiger partial charge in [-0.3, -0.25) is 4.79 Å². The first-order chi connectivity index (χ1) is 11.2. The molecule has 2 N–H and O–H groups in total. The molecule has 1 aromatic heterocycles. The zero-order chi connectivity index (χ0) is 16.5. The Bertz CT molecular complexity index is 626. The third-order valence-corrected chi connectivity index (χ3v) is 3.41. The van der Waals surface area contributed by atoms with Crippen LogP contribution in [0, 0.1) is 0 Å². The van der Waals surface area contributed by atoms with Gasteiger partial charge in [-0.05, 0) is 42.7 Å². The molecule has 2 rings (SSSR count). The van der Waals surface area contributed by atoms with Crippen molar-refractivity contribution in [2.45, 2.75) is 19.8 Å². The van der Waals surface area contributed by atoms with Crippen LogP contribution in [0.1, 0.15) is 29.4 Å². The van der Waals surface area contributed by atoms with E-state index >= 15 is 0 Å². The van der Waals surface area contributed by atoms with Gasteiger partial charge in [-0.15, -0.1) is 0 Å². The summed E-state index contributed by atoms with van der Waals surface area (Å²) in [4.78, 5) is 16.0. The highest BCUT2D eigenvalue weighted by Gasteiger charge is 2.05. The molecule has 0 aliphatic heterocycles. The van der Waals surface area contributed by atoms with Gasteiger partial charge in [0.2, 0.25) is 0 Å². The maximum absolute atomic E-state index is 11.8. The van der Waals surface area contributed by atoms with Gasteiger partial charge in [0.05, 0.1) is 19.0 Å². The molecule has 0 fully saturated rings. The second kappa shape index (κ2) is 8.78. The Labute approximate surface area is 137 Å². The molecular weight excluding hydrogens is 290 g/mol. The number of hydrogen-bond acceptors (Lipinski definition) is 4. The summed E-state index contributed by atoms with van der Waals surface area (Å²) in [5, 5.41) is 6.11. The SMILES string of the molecule is CCCNC(=O)c1ccc(NCCc2cccc(OC)c2)cn1. The Morgan fingerprint density at radius 3 is 2.78 bits per heavy atom. The number of methoxy groups -OCH3 is 1. The number of nitrogens with zero attached hydrogens (tertiary/aromatic N) is 1. The molecular formula is C18H23N3O2. The molecule has 0 atom stereocenters. The van der Waals surface area contributed by atoms with E-state index in [0.717, 1.165) is 30.8 Å². The topological polar surface area (TPSA) is 63.2 Å². The van der Waals surface area contributed by atoms with Crippen LogP contribution in [0.15, 0.2) is 42.6 Å². The van der Waals surface area contributed by atoms with Gasteiger partial charge in [0, 0.05) is 13.1 Å². The van der Waals surface area contributed by atoms with Crippen LogP contribution in [-0.4, -0.2) is 31.1 Å². The predicted molar refractivity (Wildman–Crippen MR) is 92.0 cm³/mol. The number of benzene rings is 1. The molecule has 0 saturated heterocycles. The second-order valence-corrected chi connectivity index (χ2v) is 5.22. The van der Waals surface area contributed by atoms with Crippen molar-refractivity contribution < 1.29 is 9.53 Å². The van der Waals surface area contributed by atoms with E-state index in [2.05, 4.69) is 21.7 Å². The lowest BCUT2D eigenvalue weighted by Crippen LogP contribution is -2.24. The Morgan fingerprint density at radius 2 is 2.09 bits per heavy atom. The molecule has 23 heavy (non-hydrogen) atoms. The summed E-state index contributed by atoms with van der Waals surface area (Å²) >= 11 is 0. The number of anilines is 1. The number of aromatic nitrogens is 1. The smallest absolute Gasteiger partial charge is 0.269 e. The first-order valence-electron chi connectivity index (χ1n) is 7.84. The molecule has 122 valence electrons. The highest BCUT2D eigenvalue weighted by atomic mass is 16.5. The fourth-order valence-electron chi connectivity index (χ4n) is 2.14. The van der Waals surface area contributed by atoms with Crippen molar-refractivity contribution in [3.05, 3.63) is 53.9 Å². The van der Waals surface area contributed by atoms with Crippen LogP contribution in [0.2, 0.25) is 0 Å². The quantitative estimate of drug-likeness (QED) is 0.786. The largest absolute Gasteiger partial charge is 0.497 e. The zero-order valence-corrected chi connectivity index (χ0v) is 13.6. The summed E-state index contributed by atoms with van der Waals surface area (Å²) in [6, 6.07) is 11.6. The Morgan fingerprint density at radius 1 is 1.22 bits per heavy atom. The Hall–Kier alpha value is -2.56. The third kappa shape index (κ3) is 5.29. The Balaban J connectivity index is 1.83. The summed E-state index contributed by atoms with van der Waals surface area (Å²) in [6.07, 6.45) is 3.48. The minimum Gasteiger partial charge on any atom is -0.497 e. The summed E-state index contributed by atoms with van der Waals surface area (Å²) in [6.45, 7) is 3.47. The van der Waals surface area contributed by atoms with Crippen molar-refractivity contribution in [2.24, 2.45) is 0 Å². The summed E-state index contributed by atoms with van der Waals surface area (Å²) in [7, 11) is 1.67. The number of ether oxygens (including phenoxy) is 1. The van der Waals surface area contributed by atoms with Crippen LogP contribution >= 0.6 is 0 Å². The molecule has 0 radical (unpaired) electrons. The van der Waals surface area contributed by atoms with Gasteiger partial charge in [0.25, 0.3) is 5.91 Å². The van der Waals surface area contributed by atoms with E-state index in [1.807, 2.05) is 31.2 Å². The fourth-order valence-corrected chi connectivity index (χ4v) is 2.14. The number of amides is 1. The molecule has 5 heteroatoms. The van der Waals surface area contributed by atoms with E-state index in [-0.39, 0.29) is 5.91 Å². The molecule has 5 nitrogen and oxygen atoms in total. The van der Waals surface area contributed by atoms with E-state index in [9.17, 15) is 4.79 Å². The molecule has 1 heterocycles. The first kappa shape index (κ1) is 16.8. The maximum Gasteiger partial charge on any atom is 0.269 e.